The Kier molecular flexibility index (Phi) is 9.49. The number of ether oxygens (including phenoxy) is 3. The maximum Gasteiger partial charge on any atom is 0.191 e. The molecule has 3 rings (SSSR count). The van der Waals surface area contributed by atoms with E-state index < -0.39 is 0 Å². The molecule has 3 N–H and O–H groups in total. The molecule has 0 spiro atoms. The molecule has 1 aliphatic heterocycles. The number of rotatable bonds is 11. The zero-order valence-electron chi connectivity index (χ0n) is 20.0. The Morgan fingerprint density at radius 2 is 2.00 bits per heavy atom. The third-order valence-corrected chi connectivity index (χ3v) is 5.68. The molecule has 1 saturated heterocycles. The van der Waals surface area contributed by atoms with Gasteiger partial charge in [0.25, 0.3) is 0 Å². The van der Waals surface area contributed by atoms with E-state index in [0.29, 0.717) is 5.92 Å². The Bertz CT molecular complexity index is 861. The molecule has 2 aromatic rings. The average molecular weight is 446 g/mol. The van der Waals surface area contributed by atoms with Gasteiger partial charge in [0.2, 0.25) is 0 Å². The lowest BCUT2D eigenvalue weighted by Crippen LogP contribution is -2.40. The van der Waals surface area contributed by atoms with Gasteiger partial charge in [0, 0.05) is 62.5 Å². The largest absolute Gasteiger partial charge is 0.497 e. The van der Waals surface area contributed by atoms with E-state index in [9.17, 15) is 0 Å². The Balaban J connectivity index is 1.47. The highest BCUT2D eigenvalue weighted by Crippen LogP contribution is 2.31. The van der Waals surface area contributed by atoms with Gasteiger partial charge in [0.05, 0.1) is 33.0 Å². The number of hydrogen-bond acceptors (Lipinski definition) is 5. The Morgan fingerprint density at radius 3 is 2.72 bits per heavy atom. The number of nitrogens with one attached hydrogen (secondary N) is 3. The summed E-state index contributed by atoms with van der Waals surface area (Å²) in [5.74, 6) is 3.03. The first-order valence-corrected chi connectivity index (χ1v) is 11.7. The lowest BCUT2D eigenvalue weighted by atomic mass is 10.1. The van der Waals surface area contributed by atoms with Crippen LogP contribution in [0.1, 0.15) is 26.0 Å². The summed E-state index contributed by atoms with van der Waals surface area (Å²) >= 11 is 0. The quantitative estimate of drug-likeness (QED) is 0.280. The van der Waals surface area contributed by atoms with E-state index >= 15 is 0 Å². The van der Waals surface area contributed by atoms with Crippen molar-refractivity contribution < 1.29 is 14.2 Å². The normalized spacial score (nSPS) is 16.2. The molecule has 0 saturated carbocycles. The zero-order chi connectivity index (χ0) is 22.8. The van der Waals surface area contributed by atoms with E-state index in [1.165, 1.54) is 5.69 Å². The maximum absolute atomic E-state index is 5.52. The van der Waals surface area contributed by atoms with Crippen molar-refractivity contribution >= 4 is 16.9 Å². The summed E-state index contributed by atoms with van der Waals surface area (Å²) in [4.78, 5) is 10.8. The van der Waals surface area contributed by atoms with Gasteiger partial charge in [-0.2, -0.15) is 0 Å². The Morgan fingerprint density at radius 1 is 1.19 bits per heavy atom. The van der Waals surface area contributed by atoms with Crippen LogP contribution in [0.3, 0.4) is 0 Å². The number of guanidine groups is 1. The first-order valence-electron chi connectivity index (χ1n) is 11.7. The van der Waals surface area contributed by atoms with Crippen LogP contribution in [0, 0.1) is 5.92 Å². The van der Waals surface area contributed by atoms with Crippen LogP contribution in [0.4, 0.5) is 0 Å². The molecule has 8 nitrogen and oxygen atoms in total. The van der Waals surface area contributed by atoms with Gasteiger partial charge in [-0.25, -0.2) is 0 Å². The van der Waals surface area contributed by atoms with E-state index in [1.807, 2.05) is 12.1 Å². The molecule has 1 fully saturated rings. The van der Waals surface area contributed by atoms with Gasteiger partial charge in [0.15, 0.2) is 5.96 Å². The topological polar surface area (TPSA) is 83.1 Å². The fourth-order valence-electron chi connectivity index (χ4n) is 4.02. The first-order chi connectivity index (χ1) is 15.6. The number of aromatic amines is 1. The van der Waals surface area contributed by atoms with Crippen LogP contribution in [0.25, 0.3) is 10.9 Å². The second kappa shape index (κ2) is 12.6. The summed E-state index contributed by atoms with van der Waals surface area (Å²) in [5, 5.41) is 7.91. The standard InChI is InChI=1S/C24H39N5O3/c1-5-25-24(27-16-18(2)17-29-9-11-32-12-10-29)26-8-6-7-19-13-21-22(28-19)14-20(30-3)15-23(21)31-4/h13-15,18,28H,5-12,16-17H2,1-4H3,(H2,25,26,27). The van der Waals surface area contributed by atoms with E-state index in [-0.39, 0.29) is 0 Å². The molecule has 1 aromatic heterocycles. The minimum absolute atomic E-state index is 0.516. The first kappa shape index (κ1) is 24.2. The molecule has 1 aromatic carbocycles. The van der Waals surface area contributed by atoms with Gasteiger partial charge in [-0.15, -0.1) is 0 Å². The van der Waals surface area contributed by atoms with Crippen LogP contribution < -0.4 is 20.1 Å². The number of aromatic nitrogens is 1. The van der Waals surface area contributed by atoms with Crippen molar-refractivity contribution in [3.05, 3.63) is 23.9 Å². The van der Waals surface area contributed by atoms with Gasteiger partial charge in [-0.1, -0.05) is 6.92 Å². The monoisotopic (exact) mass is 445 g/mol. The summed E-state index contributed by atoms with van der Waals surface area (Å²) < 4.78 is 16.3. The van der Waals surface area contributed by atoms with Crippen molar-refractivity contribution in [2.45, 2.75) is 26.7 Å². The molecule has 0 bridgehead atoms. The number of hydrogen-bond donors (Lipinski definition) is 3. The Labute approximate surface area is 191 Å². The van der Waals surface area contributed by atoms with E-state index in [1.54, 1.807) is 14.2 Å². The van der Waals surface area contributed by atoms with Crippen LogP contribution in [-0.4, -0.2) is 82.5 Å². The summed E-state index contributed by atoms with van der Waals surface area (Å²) in [7, 11) is 3.36. The van der Waals surface area contributed by atoms with Crippen LogP contribution in [-0.2, 0) is 11.2 Å². The number of methoxy groups -OCH3 is 2. The molecule has 0 aliphatic carbocycles. The highest BCUT2D eigenvalue weighted by Gasteiger charge is 2.14. The van der Waals surface area contributed by atoms with Crippen molar-refractivity contribution in [3.8, 4) is 11.5 Å². The molecule has 0 radical (unpaired) electrons. The molecule has 2 heterocycles. The van der Waals surface area contributed by atoms with Crippen molar-refractivity contribution in [2.24, 2.45) is 10.9 Å². The number of morpholine rings is 1. The molecule has 1 atom stereocenters. The second-order valence-electron chi connectivity index (χ2n) is 8.35. The lowest BCUT2D eigenvalue weighted by molar-refractivity contribution is 0.0323. The van der Waals surface area contributed by atoms with E-state index in [4.69, 9.17) is 19.2 Å². The van der Waals surface area contributed by atoms with Crippen LogP contribution in [0.2, 0.25) is 0 Å². The summed E-state index contributed by atoms with van der Waals surface area (Å²) in [6.45, 7) is 11.7. The molecule has 1 unspecified atom stereocenters. The number of benzene rings is 1. The fraction of sp³-hybridized carbons (Fsp3) is 0.625. The summed E-state index contributed by atoms with van der Waals surface area (Å²) in [6, 6.07) is 6.09. The van der Waals surface area contributed by atoms with Crippen molar-refractivity contribution in [1.82, 2.24) is 20.5 Å². The van der Waals surface area contributed by atoms with Gasteiger partial charge < -0.3 is 29.8 Å². The highest BCUT2D eigenvalue weighted by molar-refractivity contribution is 5.88. The van der Waals surface area contributed by atoms with Crippen LogP contribution >= 0.6 is 0 Å². The smallest absolute Gasteiger partial charge is 0.191 e. The SMILES string of the molecule is CCNC(=NCC(C)CN1CCOCC1)NCCCc1cc2c(OC)cc(OC)cc2[nH]1. The molecule has 1 aliphatic rings. The van der Waals surface area contributed by atoms with Crippen molar-refractivity contribution in [2.75, 3.05) is 66.7 Å². The number of aryl methyl sites for hydroxylation is 1. The van der Waals surface area contributed by atoms with E-state index in [2.05, 4.69) is 40.4 Å². The number of nitrogens with zero attached hydrogens (tertiary/aromatic N) is 2. The molecule has 8 heteroatoms. The van der Waals surface area contributed by atoms with Gasteiger partial charge in [-0.05, 0) is 31.7 Å². The van der Waals surface area contributed by atoms with E-state index in [0.717, 1.165) is 93.7 Å². The molecule has 0 amide bonds. The third kappa shape index (κ3) is 7.03. The van der Waals surface area contributed by atoms with Gasteiger partial charge >= 0.3 is 0 Å². The third-order valence-electron chi connectivity index (χ3n) is 5.68. The summed E-state index contributed by atoms with van der Waals surface area (Å²) in [5.41, 5.74) is 2.22. The molecule has 178 valence electrons. The predicted octanol–water partition coefficient (Wildman–Crippen LogP) is 2.64. The molecular formula is C24H39N5O3. The second-order valence-corrected chi connectivity index (χ2v) is 8.35. The number of fused-ring (bicyclic) bond motifs is 1. The number of aliphatic imine (C=N–C) groups is 1. The average Bonchev–Trinajstić information content (AvgIpc) is 3.23. The highest BCUT2D eigenvalue weighted by atomic mass is 16.5. The number of H-pyrrole nitrogens is 1. The predicted molar refractivity (Wildman–Crippen MR) is 130 cm³/mol. The minimum atomic E-state index is 0.516. The molecule has 32 heavy (non-hydrogen) atoms. The Hall–Kier alpha value is -2.45. The van der Waals surface area contributed by atoms with Crippen molar-refractivity contribution in [3.63, 3.8) is 0 Å². The fourth-order valence-corrected chi connectivity index (χ4v) is 4.02. The van der Waals surface area contributed by atoms with Gasteiger partial charge in [-0.3, -0.25) is 9.89 Å². The summed E-state index contributed by atoms with van der Waals surface area (Å²) in [6.07, 6.45) is 1.94. The van der Waals surface area contributed by atoms with Crippen LogP contribution in [0.15, 0.2) is 23.2 Å². The maximum atomic E-state index is 5.52. The lowest BCUT2D eigenvalue weighted by Gasteiger charge is -2.28. The molecular weight excluding hydrogens is 406 g/mol. The van der Waals surface area contributed by atoms with Gasteiger partial charge in [0.1, 0.15) is 11.5 Å². The van der Waals surface area contributed by atoms with Crippen LogP contribution in [0.5, 0.6) is 11.5 Å². The minimum Gasteiger partial charge on any atom is -0.497 e. The van der Waals surface area contributed by atoms with Crippen molar-refractivity contribution in [1.29, 1.82) is 0 Å². The zero-order valence-corrected chi connectivity index (χ0v) is 20.0.